The Morgan fingerprint density at radius 1 is 1.09 bits per heavy atom. The molecule has 1 amide bonds. The number of carboxylic acid groups (broad SMARTS) is 1. The zero-order chi connectivity index (χ0) is 24.3. The molecule has 0 bridgehead atoms. The van der Waals surface area contributed by atoms with E-state index in [0.29, 0.717) is 25.2 Å². The number of carboxylic acids is 1. The number of hydrogen-bond acceptors (Lipinski definition) is 4. The summed E-state index contributed by atoms with van der Waals surface area (Å²) in [6.45, 7) is 11.4. The third kappa shape index (κ3) is 5.71. The van der Waals surface area contributed by atoms with E-state index in [-0.39, 0.29) is 47.6 Å². The van der Waals surface area contributed by atoms with Crippen molar-refractivity contribution < 1.29 is 23.8 Å². The maximum Gasteiger partial charge on any atom is 0.339 e. The molecule has 6 nitrogen and oxygen atoms in total. The summed E-state index contributed by atoms with van der Waals surface area (Å²) in [5.74, 6) is -1.14. The fraction of sp³-hybridized carbons (Fsp3) is 0.462. The molecule has 0 aromatic heterocycles. The molecule has 2 atom stereocenters. The number of carbonyl (C=O) groups is 2. The van der Waals surface area contributed by atoms with Gasteiger partial charge in [0, 0.05) is 31.7 Å². The number of carbonyl (C=O) groups excluding carboxylic acids is 1. The molecule has 0 spiro atoms. The minimum absolute atomic E-state index is 0.0289. The Morgan fingerprint density at radius 3 is 2.36 bits per heavy atom. The van der Waals surface area contributed by atoms with Crippen LogP contribution in [0.25, 0.3) is 0 Å². The number of hydrogen-bond donors (Lipinski definition) is 1. The summed E-state index contributed by atoms with van der Waals surface area (Å²) in [4.78, 5) is 29.0. The number of benzene rings is 2. The Balaban J connectivity index is 1.69. The van der Waals surface area contributed by atoms with Crippen LogP contribution in [-0.2, 0) is 11.3 Å². The Kier molecular flexibility index (Phi) is 7.74. The molecule has 7 heteroatoms. The summed E-state index contributed by atoms with van der Waals surface area (Å²) in [6.07, 6.45) is 0. The van der Waals surface area contributed by atoms with Crippen LogP contribution in [0.4, 0.5) is 4.39 Å². The van der Waals surface area contributed by atoms with E-state index in [4.69, 9.17) is 4.74 Å². The van der Waals surface area contributed by atoms with E-state index in [1.165, 1.54) is 12.1 Å². The zero-order valence-corrected chi connectivity index (χ0v) is 20.0. The number of amides is 1. The standard InChI is InChI=1S/C26H33FN2O4/c1-16(2)22-11-6-17(3)24(26(31)32)25(22)33-15-23(30)29-13-18(4)28(12-19(29)5)14-20-7-9-21(27)10-8-20/h6-11,16,18-19H,12-15H2,1-5H3,(H,31,32). The monoisotopic (exact) mass is 456 g/mol. The highest BCUT2D eigenvalue weighted by atomic mass is 19.1. The van der Waals surface area contributed by atoms with Crippen LogP contribution in [0.5, 0.6) is 5.75 Å². The normalized spacial score (nSPS) is 19.1. The lowest BCUT2D eigenvalue weighted by Gasteiger charge is -2.44. The number of aryl methyl sites for hydroxylation is 1. The van der Waals surface area contributed by atoms with Gasteiger partial charge in [-0.25, -0.2) is 9.18 Å². The molecule has 178 valence electrons. The van der Waals surface area contributed by atoms with E-state index >= 15 is 0 Å². The summed E-state index contributed by atoms with van der Waals surface area (Å²) >= 11 is 0. The van der Waals surface area contributed by atoms with Crippen LogP contribution in [0.15, 0.2) is 36.4 Å². The van der Waals surface area contributed by atoms with Gasteiger partial charge < -0.3 is 14.7 Å². The molecule has 0 aliphatic carbocycles. The predicted octanol–water partition coefficient (Wildman–Crippen LogP) is 4.46. The van der Waals surface area contributed by atoms with Crippen molar-refractivity contribution in [3.63, 3.8) is 0 Å². The van der Waals surface area contributed by atoms with Crippen molar-refractivity contribution in [1.29, 1.82) is 0 Å². The number of nitrogens with zero attached hydrogens (tertiary/aromatic N) is 2. The van der Waals surface area contributed by atoms with Crippen LogP contribution in [0.1, 0.15) is 60.7 Å². The first kappa shape index (κ1) is 24.7. The lowest BCUT2D eigenvalue weighted by atomic mass is 9.96. The van der Waals surface area contributed by atoms with Gasteiger partial charge in [0.15, 0.2) is 6.61 Å². The van der Waals surface area contributed by atoms with E-state index in [9.17, 15) is 19.1 Å². The van der Waals surface area contributed by atoms with Gasteiger partial charge >= 0.3 is 5.97 Å². The number of ether oxygens (including phenoxy) is 1. The number of rotatable bonds is 7. The highest BCUT2D eigenvalue weighted by molar-refractivity contribution is 5.93. The summed E-state index contributed by atoms with van der Waals surface area (Å²) in [7, 11) is 0. The first-order valence-corrected chi connectivity index (χ1v) is 11.4. The van der Waals surface area contributed by atoms with E-state index in [0.717, 1.165) is 11.1 Å². The number of halogens is 1. The molecule has 2 unspecified atom stereocenters. The molecule has 1 fully saturated rings. The van der Waals surface area contributed by atoms with Crippen LogP contribution < -0.4 is 4.74 Å². The number of piperazine rings is 1. The molecular formula is C26H33FN2O4. The predicted molar refractivity (Wildman–Crippen MR) is 125 cm³/mol. The molecule has 1 N–H and O–H groups in total. The molecule has 0 radical (unpaired) electrons. The van der Waals surface area contributed by atoms with Crippen LogP contribution in [-0.4, -0.2) is 58.6 Å². The van der Waals surface area contributed by atoms with Gasteiger partial charge in [-0.2, -0.15) is 0 Å². The fourth-order valence-electron chi connectivity index (χ4n) is 4.38. The summed E-state index contributed by atoms with van der Waals surface area (Å²) < 4.78 is 19.1. The Bertz CT molecular complexity index is 1010. The van der Waals surface area contributed by atoms with Crippen molar-refractivity contribution >= 4 is 11.9 Å². The van der Waals surface area contributed by atoms with Gasteiger partial charge in [-0.05, 0) is 55.5 Å². The Morgan fingerprint density at radius 2 is 1.76 bits per heavy atom. The Hall–Kier alpha value is -2.93. The van der Waals surface area contributed by atoms with Crippen molar-refractivity contribution in [1.82, 2.24) is 9.80 Å². The van der Waals surface area contributed by atoms with Crippen LogP contribution >= 0.6 is 0 Å². The minimum Gasteiger partial charge on any atom is -0.483 e. The van der Waals surface area contributed by atoms with Gasteiger partial charge in [-0.15, -0.1) is 0 Å². The molecular weight excluding hydrogens is 423 g/mol. The van der Waals surface area contributed by atoms with E-state index in [1.54, 1.807) is 30.0 Å². The maximum atomic E-state index is 13.2. The molecule has 2 aromatic carbocycles. The van der Waals surface area contributed by atoms with E-state index in [2.05, 4.69) is 11.8 Å². The third-order valence-corrected chi connectivity index (χ3v) is 6.31. The van der Waals surface area contributed by atoms with Crippen LogP contribution in [0.2, 0.25) is 0 Å². The van der Waals surface area contributed by atoms with Crippen molar-refractivity contribution in [2.24, 2.45) is 0 Å². The largest absolute Gasteiger partial charge is 0.483 e. The molecule has 33 heavy (non-hydrogen) atoms. The molecule has 0 saturated carbocycles. The van der Waals surface area contributed by atoms with Crippen molar-refractivity contribution in [2.75, 3.05) is 19.7 Å². The molecule has 1 aliphatic heterocycles. The highest BCUT2D eigenvalue weighted by Crippen LogP contribution is 2.33. The van der Waals surface area contributed by atoms with Crippen molar-refractivity contribution in [3.05, 3.63) is 64.5 Å². The van der Waals surface area contributed by atoms with Gasteiger partial charge in [-0.3, -0.25) is 9.69 Å². The highest BCUT2D eigenvalue weighted by Gasteiger charge is 2.32. The zero-order valence-electron chi connectivity index (χ0n) is 20.0. The van der Waals surface area contributed by atoms with Gasteiger partial charge in [0.1, 0.15) is 17.1 Å². The second kappa shape index (κ2) is 10.3. The smallest absolute Gasteiger partial charge is 0.339 e. The molecule has 3 rings (SSSR count). The molecule has 1 saturated heterocycles. The lowest BCUT2D eigenvalue weighted by molar-refractivity contribution is -0.139. The van der Waals surface area contributed by atoms with Gasteiger partial charge in [0.2, 0.25) is 0 Å². The van der Waals surface area contributed by atoms with Gasteiger partial charge in [-0.1, -0.05) is 38.1 Å². The number of aromatic carboxylic acids is 1. The van der Waals surface area contributed by atoms with Gasteiger partial charge in [0.05, 0.1) is 0 Å². The fourth-order valence-corrected chi connectivity index (χ4v) is 4.38. The van der Waals surface area contributed by atoms with Crippen molar-refractivity contribution in [2.45, 2.75) is 59.2 Å². The molecule has 1 aliphatic rings. The molecule has 2 aromatic rings. The topological polar surface area (TPSA) is 70.1 Å². The second-order valence-electron chi connectivity index (χ2n) is 9.22. The Labute approximate surface area is 195 Å². The minimum atomic E-state index is -1.06. The average Bonchev–Trinajstić information content (AvgIpc) is 2.75. The quantitative estimate of drug-likeness (QED) is 0.666. The van der Waals surface area contributed by atoms with Crippen LogP contribution in [0.3, 0.4) is 0 Å². The summed E-state index contributed by atoms with van der Waals surface area (Å²) in [5.41, 5.74) is 2.52. The summed E-state index contributed by atoms with van der Waals surface area (Å²) in [6, 6.07) is 10.2. The third-order valence-electron chi connectivity index (χ3n) is 6.31. The van der Waals surface area contributed by atoms with E-state index < -0.39 is 5.97 Å². The average molecular weight is 457 g/mol. The maximum absolute atomic E-state index is 13.2. The first-order chi connectivity index (χ1) is 15.6. The van der Waals surface area contributed by atoms with E-state index in [1.807, 2.05) is 26.8 Å². The van der Waals surface area contributed by atoms with Crippen LogP contribution in [0, 0.1) is 12.7 Å². The second-order valence-corrected chi connectivity index (χ2v) is 9.22. The van der Waals surface area contributed by atoms with Crippen molar-refractivity contribution in [3.8, 4) is 5.75 Å². The summed E-state index contributed by atoms with van der Waals surface area (Å²) in [5, 5.41) is 9.71. The first-order valence-electron chi connectivity index (χ1n) is 11.4. The molecule has 1 heterocycles. The van der Waals surface area contributed by atoms with Gasteiger partial charge in [0.25, 0.3) is 5.91 Å². The lowest BCUT2D eigenvalue weighted by Crippen LogP contribution is -2.58. The SMILES string of the molecule is Cc1ccc(C(C)C)c(OCC(=O)N2CC(C)N(Cc3ccc(F)cc3)CC2C)c1C(=O)O.